The summed E-state index contributed by atoms with van der Waals surface area (Å²) < 4.78 is 0. The summed E-state index contributed by atoms with van der Waals surface area (Å²) in [5, 5.41) is 4.78. The standard InChI is InChI=1S/C17H23N3/c1-13(2)19-11-14-8-10-20(12-14)16-7-3-5-15-6-4-9-18-17(15)16/h3-7,9,13-14,19H,8,10-12H2,1-2H3. The number of fused-ring (bicyclic) bond motifs is 1. The first kappa shape index (κ1) is 13.4. The van der Waals surface area contributed by atoms with Crippen molar-refractivity contribution in [3.05, 3.63) is 36.5 Å². The highest BCUT2D eigenvalue weighted by molar-refractivity contribution is 5.90. The molecule has 0 saturated carbocycles. The van der Waals surface area contributed by atoms with Gasteiger partial charge in [0.15, 0.2) is 0 Å². The highest BCUT2D eigenvalue weighted by atomic mass is 15.2. The van der Waals surface area contributed by atoms with Crippen LogP contribution in [0.15, 0.2) is 36.5 Å². The van der Waals surface area contributed by atoms with E-state index in [1.807, 2.05) is 12.3 Å². The minimum Gasteiger partial charge on any atom is -0.369 e. The zero-order chi connectivity index (χ0) is 13.9. The molecule has 1 N–H and O–H groups in total. The molecule has 2 aromatic rings. The van der Waals surface area contributed by atoms with E-state index in [4.69, 9.17) is 0 Å². The average Bonchev–Trinajstić information content (AvgIpc) is 2.93. The lowest BCUT2D eigenvalue weighted by atomic mass is 10.1. The molecule has 0 aliphatic carbocycles. The molecule has 0 spiro atoms. The summed E-state index contributed by atoms with van der Waals surface area (Å²) in [6, 6.07) is 11.2. The third kappa shape index (κ3) is 2.78. The number of hydrogen-bond donors (Lipinski definition) is 1. The number of benzene rings is 1. The Morgan fingerprint density at radius 2 is 2.15 bits per heavy atom. The van der Waals surface area contributed by atoms with E-state index < -0.39 is 0 Å². The van der Waals surface area contributed by atoms with Crippen molar-refractivity contribution in [1.82, 2.24) is 10.3 Å². The van der Waals surface area contributed by atoms with Crippen molar-refractivity contribution >= 4 is 16.6 Å². The molecule has 1 unspecified atom stereocenters. The predicted molar refractivity (Wildman–Crippen MR) is 85.2 cm³/mol. The molecule has 106 valence electrons. The lowest BCUT2D eigenvalue weighted by Crippen LogP contribution is -2.30. The van der Waals surface area contributed by atoms with E-state index >= 15 is 0 Å². The second kappa shape index (κ2) is 5.80. The van der Waals surface area contributed by atoms with E-state index in [2.05, 4.69) is 53.3 Å². The summed E-state index contributed by atoms with van der Waals surface area (Å²) in [5.41, 5.74) is 2.42. The molecule has 0 bridgehead atoms. The number of nitrogens with zero attached hydrogens (tertiary/aromatic N) is 2. The van der Waals surface area contributed by atoms with Crippen molar-refractivity contribution in [2.45, 2.75) is 26.3 Å². The number of para-hydroxylation sites is 1. The third-order valence-corrected chi connectivity index (χ3v) is 4.05. The van der Waals surface area contributed by atoms with Crippen molar-refractivity contribution in [1.29, 1.82) is 0 Å². The Labute approximate surface area is 121 Å². The molecule has 3 rings (SSSR count). The molecule has 3 heteroatoms. The molecule has 1 fully saturated rings. The monoisotopic (exact) mass is 269 g/mol. The van der Waals surface area contributed by atoms with Crippen LogP contribution in [0.2, 0.25) is 0 Å². The fourth-order valence-corrected chi connectivity index (χ4v) is 2.96. The smallest absolute Gasteiger partial charge is 0.0935 e. The van der Waals surface area contributed by atoms with Gasteiger partial charge < -0.3 is 10.2 Å². The Morgan fingerprint density at radius 3 is 3.00 bits per heavy atom. The summed E-state index contributed by atoms with van der Waals surface area (Å²) in [5.74, 6) is 0.747. The second-order valence-corrected chi connectivity index (χ2v) is 6.02. The Balaban J connectivity index is 1.76. The Kier molecular flexibility index (Phi) is 3.88. The van der Waals surface area contributed by atoms with Crippen LogP contribution in [0.5, 0.6) is 0 Å². The number of pyridine rings is 1. The molecular formula is C17H23N3. The number of hydrogen-bond acceptors (Lipinski definition) is 3. The SMILES string of the molecule is CC(C)NCC1CCN(c2cccc3cccnc23)C1. The van der Waals surface area contributed by atoms with E-state index in [-0.39, 0.29) is 0 Å². The minimum atomic E-state index is 0.572. The maximum Gasteiger partial charge on any atom is 0.0935 e. The lowest BCUT2D eigenvalue weighted by Gasteiger charge is -2.20. The van der Waals surface area contributed by atoms with Crippen LogP contribution < -0.4 is 10.2 Å². The quantitative estimate of drug-likeness (QED) is 0.924. The van der Waals surface area contributed by atoms with Crippen LogP contribution in [0.4, 0.5) is 5.69 Å². The van der Waals surface area contributed by atoms with Gasteiger partial charge in [-0.25, -0.2) is 0 Å². The number of aromatic nitrogens is 1. The van der Waals surface area contributed by atoms with Crippen LogP contribution in [-0.4, -0.2) is 30.7 Å². The fraction of sp³-hybridized carbons (Fsp3) is 0.471. The maximum atomic E-state index is 4.57. The van der Waals surface area contributed by atoms with Crippen LogP contribution in [0.1, 0.15) is 20.3 Å². The second-order valence-electron chi connectivity index (χ2n) is 6.02. The van der Waals surface area contributed by atoms with Crippen molar-refractivity contribution in [2.75, 3.05) is 24.5 Å². The van der Waals surface area contributed by atoms with Gasteiger partial charge in [0.25, 0.3) is 0 Å². The van der Waals surface area contributed by atoms with Gasteiger partial charge in [-0.2, -0.15) is 0 Å². The highest BCUT2D eigenvalue weighted by Crippen LogP contribution is 2.29. The van der Waals surface area contributed by atoms with Gasteiger partial charge in [0, 0.05) is 30.7 Å². The zero-order valence-electron chi connectivity index (χ0n) is 12.3. The summed E-state index contributed by atoms with van der Waals surface area (Å²) in [7, 11) is 0. The Morgan fingerprint density at radius 1 is 1.30 bits per heavy atom. The topological polar surface area (TPSA) is 28.2 Å². The van der Waals surface area contributed by atoms with Gasteiger partial charge in [0.2, 0.25) is 0 Å². The van der Waals surface area contributed by atoms with Gasteiger partial charge in [-0.3, -0.25) is 4.98 Å². The molecule has 1 atom stereocenters. The average molecular weight is 269 g/mol. The Bertz CT molecular complexity index is 574. The first-order valence-corrected chi connectivity index (χ1v) is 7.56. The summed E-state index contributed by atoms with van der Waals surface area (Å²) in [4.78, 5) is 7.06. The molecule has 3 nitrogen and oxygen atoms in total. The first-order valence-electron chi connectivity index (χ1n) is 7.56. The van der Waals surface area contributed by atoms with Gasteiger partial charge in [-0.05, 0) is 31.0 Å². The molecule has 0 amide bonds. The van der Waals surface area contributed by atoms with Crippen molar-refractivity contribution in [2.24, 2.45) is 5.92 Å². The summed E-state index contributed by atoms with van der Waals surface area (Å²) in [6.45, 7) is 7.81. The van der Waals surface area contributed by atoms with Crippen molar-refractivity contribution in [3.8, 4) is 0 Å². The van der Waals surface area contributed by atoms with E-state index in [9.17, 15) is 0 Å². The highest BCUT2D eigenvalue weighted by Gasteiger charge is 2.23. The third-order valence-electron chi connectivity index (χ3n) is 4.05. The molecule has 1 aliphatic rings. The van der Waals surface area contributed by atoms with E-state index in [1.165, 1.54) is 17.5 Å². The molecular weight excluding hydrogens is 246 g/mol. The van der Waals surface area contributed by atoms with Crippen molar-refractivity contribution < 1.29 is 0 Å². The summed E-state index contributed by atoms with van der Waals surface area (Å²) in [6.07, 6.45) is 3.16. The van der Waals surface area contributed by atoms with Crippen LogP contribution in [0, 0.1) is 5.92 Å². The van der Waals surface area contributed by atoms with Gasteiger partial charge in [0.1, 0.15) is 0 Å². The van der Waals surface area contributed by atoms with Crippen LogP contribution in [0.3, 0.4) is 0 Å². The summed E-state index contributed by atoms with van der Waals surface area (Å²) >= 11 is 0. The molecule has 1 aliphatic heterocycles. The number of rotatable bonds is 4. The molecule has 0 radical (unpaired) electrons. The van der Waals surface area contributed by atoms with E-state index in [0.717, 1.165) is 31.1 Å². The van der Waals surface area contributed by atoms with Crippen LogP contribution >= 0.6 is 0 Å². The molecule has 1 saturated heterocycles. The van der Waals surface area contributed by atoms with E-state index in [1.54, 1.807) is 0 Å². The van der Waals surface area contributed by atoms with Crippen LogP contribution in [0.25, 0.3) is 10.9 Å². The fourth-order valence-electron chi connectivity index (χ4n) is 2.96. The largest absolute Gasteiger partial charge is 0.369 e. The molecule has 20 heavy (non-hydrogen) atoms. The van der Waals surface area contributed by atoms with Gasteiger partial charge in [0.05, 0.1) is 11.2 Å². The van der Waals surface area contributed by atoms with Gasteiger partial charge >= 0.3 is 0 Å². The Hall–Kier alpha value is -1.61. The molecule has 1 aromatic heterocycles. The van der Waals surface area contributed by atoms with Gasteiger partial charge in [-0.1, -0.05) is 32.0 Å². The maximum absolute atomic E-state index is 4.57. The molecule has 1 aromatic carbocycles. The van der Waals surface area contributed by atoms with E-state index in [0.29, 0.717) is 6.04 Å². The lowest BCUT2D eigenvalue weighted by molar-refractivity contribution is 0.480. The normalized spacial score (nSPS) is 19.1. The molecule has 2 heterocycles. The van der Waals surface area contributed by atoms with Gasteiger partial charge in [-0.15, -0.1) is 0 Å². The number of anilines is 1. The minimum absolute atomic E-state index is 0.572. The number of nitrogens with one attached hydrogen (secondary N) is 1. The van der Waals surface area contributed by atoms with Crippen LogP contribution in [-0.2, 0) is 0 Å². The zero-order valence-corrected chi connectivity index (χ0v) is 12.3. The predicted octanol–water partition coefficient (Wildman–Crippen LogP) is 3.06. The van der Waals surface area contributed by atoms with Crippen molar-refractivity contribution in [3.63, 3.8) is 0 Å². The first-order chi connectivity index (χ1) is 9.74.